The molecule has 1 unspecified atom stereocenters. The van der Waals surface area contributed by atoms with Gasteiger partial charge < -0.3 is 10.4 Å². The average molecular weight is 269 g/mol. The molecule has 1 aliphatic rings. The topological polar surface area (TPSA) is 66.4 Å². The Labute approximate surface area is 116 Å². The molecule has 1 aliphatic carbocycles. The van der Waals surface area contributed by atoms with Gasteiger partial charge >= 0.3 is 5.97 Å². The van der Waals surface area contributed by atoms with Gasteiger partial charge in [0.05, 0.1) is 5.41 Å². The maximum Gasteiger partial charge on any atom is 0.311 e. The number of carbonyl (C=O) groups is 2. The van der Waals surface area contributed by atoms with Crippen LogP contribution < -0.4 is 5.32 Å². The first-order valence-electron chi connectivity index (χ1n) is 6.97. The van der Waals surface area contributed by atoms with Crippen LogP contribution in [-0.4, -0.2) is 22.5 Å². The van der Waals surface area contributed by atoms with Crippen LogP contribution in [0.15, 0.2) is 0 Å². The highest BCUT2D eigenvalue weighted by atomic mass is 16.4. The number of rotatable bonds is 4. The molecule has 1 atom stereocenters. The number of carbonyl (C=O) groups excluding carboxylic acids is 1. The zero-order valence-corrected chi connectivity index (χ0v) is 13.0. The van der Waals surface area contributed by atoms with Crippen LogP contribution in [0, 0.1) is 16.7 Å². The Balaban J connectivity index is 2.84. The lowest BCUT2D eigenvalue weighted by molar-refractivity contribution is -0.152. The number of carboxylic acids is 1. The van der Waals surface area contributed by atoms with Gasteiger partial charge in [-0.1, -0.05) is 20.3 Å². The van der Waals surface area contributed by atoms with Crippen molar-refractivity contribution in [2.45, 2.75) is 66.3 Å². The molecule has 4 heteroatoms. The molecule has 1 saturated carbocycles. The summed E-state index contributed by atoms with van der Waals surface area (Å²) in [7, 11) is 0. The maximum absolute atomic E-state index is 12.4. The molecule has 4 nitrogen and oxygen atoms in total. The summed E-state index contributed by atoms with van der Waals surface area (Å²) in [6.07, 6.45) is 3.00. The Morgan fingerprint density at radius 3 is 2.11 bits per heavy atom. The van der Waals surface area contributed by atoms with E-state index in [0.717, 1.165) is 19.3 Å². The zero-order chi connectivity index (χ0) is 15.1. The third-order valence-corrected chi connectivity index (χ3v) is 5.11. The molecule has 1 fully saturated rings. The van der Waals surface area contributed by atoms with Crippen LogP contribution in [-0.2, 0) is 9.59 Å². The molecule has 0 saturated heterocycles. The van der Waals surface area contributed by atoms with E-state index in [-0.39, 0.29) is 17.2 Å². The summed E-state index contributed by atoms with van der Waals surface area (Å²) < 4.78 is 0. The molecular weight excluding hydrogens is 242 g/mol. The average Bonchev–Trinajstić information content (AvgIpc) is 2.56. The Morgan fingerprint density at radius 2 is 1.74 bits per heavy atom. The normalized spacial score (nSPS) is 23.2. The highest BCUT2D eigenvalue weighted by Gasteiger charge is 2.47. The summed E-state index contributed by atoms with van der Waals surface area (Å²) >= 11 is 0. The smallest absolute Gasteiger partial charge is 0.311 e. The van der Waals surface area contributed by atoms with E-state index < -0.39 is 16.9 Å². The maximum atomic E-state index is 12.4. The quantitative estimate of drug-likeness (QED) is 0.824. The first-order valence-corrected chi connectivity index (χ1v) is 6.97. The second-order valence-corrected chi connectivity index (χ2v) is 7.48. The third kappa shape index (κ3) is 2.93. The Bertz CT molecular complexity index is 383. The summed E-state index contributed by atoms with van der Waals surface area (Å²) in [5.41, 5.74) is -1.78. The van der Waals surface area contributed by atoms with Gasteiger partial charge in [0.25, 0.3) is 0 Å². The van der Waals surface area contributed by atoms with E-state index in [4.69, 9.17) is 0 Å². The fraction of sp³-hybridized carbons (Fsp3) is 0.867. The van der Waals surface area contributed by atoms with Crippen molar-refractivity contribution in [2.24, 2.45) is 16.7 Å². The number of aliphatic carboxylic acids is 1. The van der Waals surface area contributed by atoms with E-state index in [0.29, 0.717) is 0 Å². The monoisotopic (exact) mass is 269 g/mol. The number of carboxylic acid groups (broad SMARTS) is 1. The van der Waals surface area contributed by atoms with Gasteiger partial charge in [0, 0.05) is 11.5 Å². The lowest BCUT2D eigenvalue weighted by Gasteiger charge is -2.40. The van der Waals surface area contributed by atoms with Crippen molar-refractivity contribution >= 4 is 11.9 Å². The van der Waals surface area contributed by atoms with E-state index >= 15 is 0 Å². The van der Waals surface area contributed by atoms with Crippen LogP contribution >= 0.6 is 0 Å². The van der Waals surface area contributed by atoms with E-state index in [1.807, 2.05) is 0 Å². The predicted molar refractivity (Wildman–Crippen MR) is 74.8 cm³/mol. The van der Waals surface area contributed by atoms with Crippen LogP contribution in [0.3, 0.4) is 0 Å². The fourth-order valence-electron chi connectivity index (χ4n) is 2.63. The van der Waals surface area contributed by atoms with Crippen LogP contribution in [0.5, 0.6) is 0 Å². The van der Waals surface area contributed by atoms with Crippen molar-refractivity contribution in [1.29, 1.82) is 0 Å². The highest BCUT2D eigenvalue weighted by Crippen LogP contribution is 2.43. The van der Waals surface area contributed by atoms with Crippen molar-refractivity contribution in [2.75, 3.05) is 0 Å². The van der Waals surface area contributed by atoms with E-state index in [9.17, 15) is 14.7 Å². The lowest BCUT2D eigenvalue weighted by atomic mass is 9.73. The van der Waals surface area contributed by atoms with Gasteiger partial charge in [-0.25, -0.2) is 0 Å². The highest BCUT2D eigenvalue weighted by molar-refractivity contribution is 5.83. The molecule has 19 heavy (non-hydrogen) atoms. The molecule has 0 spiro atoms. The van der Waals surface area contributed by atoms with Gasteiger partial charge in [-0.2, -0.15) is 0 Å². The summed E-state index contributed by atoms with van der Waals surface area (Å²) in [5.74, 6) is -0.929. The molecule has 1 amide bonds. The van der Waals surface area contributed by atoms with Crippen molar-refractivity contribution in [3.8, 4) is 0 Å². The van der Waals surface area contributed by atoms with Gasteiger partial charge in [0.1, 0.15) is 0 Å². The van der Waals surface area contributed by atoms with Crippen molar-refractivity contribution < 1.29 is 14.7 Å². The van der Waals surface area contributed by atoms with Gasteiger partial charge in [0.15, 0.2) is 0 Å². The molecule has 0 aromatic carbocycles. The molecule has 1 rings (SSSR count). The number of hydrogen-bond acceptors (Lipinski definition) is 2. The van der Waals surface area contributed by atoms with Gasteiger partial charge in [0.2, 0.25) is 5.91 Å². The fourth-order valence-corrected chi connectivity index (χ4v) is 2.63. The van der Waals surface area contributed by atoms with Crippen LogP contribution in [0.25, 0.3) is 0 Å². The Hall–Kier alpha value is -1.06. The summed E-state index contributed by atoms with van der Waals surface area (Å²) in [4.78, 5) is 23.8. The van der Waals surface area contributed by atoms with Gasteiger partial charge in [-0.3, -0.25) is 9.59 Å². The molecule has 0 aromatic heterocycles. The van der Waals surface area contributed by atoms with Gasteiger partial charge in [-0.15, -0.1) is 0 Å². The molecule has 0 aliphatic heterocycles. The Morgan fingerprint density at radius 1 is 1.21 bits per heavy atom. The second-order valence-electron chi connectivity index (χ2n) is 7.48. The van der Waals surface area contributed by atoms with E-state index in [1.54, 1.807) is 27.7 Å². The summed E-state index contributed by atoms with van der Waals surface area (Å²) in [6.45, 7) is 11.1. The molecule has 0 heterocycles. The molecular formula is C15H27NO3. The summed E-state index contributed by atoms with van der Waals surface area (Å²) in [6, 6.07) is 0. The lowest BCUT2D eigenvalue weighted by Crippen LogP contribution is -2.58. The first-order chi connectivity index (χ1) is 8.42. The van der Waals surface area contributed by atoms with Crippen molar-refractivity contribution in [3.63, 3.8) is 0 Å². The van der Waals surface area contributed by atoms with E-state index in [2.05, 4.69) is 19.2 Å². The van der Waals surface area contributed by atoms with Crippen LogP contribution in [0.2, 0.25) is 0 Å². The predicted octanol–water partition coefficient (Wildman–Crippen LogP) is 2.82. The first kappa shape index (κ1) is 16.0. The number of nitrogens with one attached hydrogen (secondary N) is 1. The van der Waals surface area contributed by atoms with Crippen LogP contribution in [0.4, 0.5) is 0 Å². The molecule has 2 N–H and O–H groups in total. The van der Waals surface area contributed by atoms with E-state index in [1.165, 1.54) is 0 Å². The third-order valence-electron chi connectivity index (χ3n) is 5.11. The minimum atomic E-state index is -1.01. The Kier molecular flexibility index (Phi) is 4.04. The number of hydrogen-bond donors (Lipinski definition) is 2. The minimum absolute atomic E-state index is 0.00747. The molecule has 0 bridgehead atoms. The molecule has 0 radical (unpaired) electrons. The number of amides is 1. The van der Waals surface area contributed by atoms with Crippen LogP contribution in [0.1, 0.15) is 60.8 Å². The van der Waals surface area contributed by atoms with Crippen molar-refractivity contribution in [1.82, 2.24) is 5.32 Å². The second kappa shape index (κ2) is 4.80. The summed E-state index contributed by atoms with van der Waals surface area (Å²) in [5, 5.41) is 12.3. The molecule has 0 aromatic rings. The molecule has 110 valence electrons. The standard InChI is InChI=1S/C15H27NO3/c1-13(2)9-7-8-10(13)11(17)16-15(5,6)14(3,4)12(18)19/h10H,7-9H2,1-6H3,(H,16,17)(H,18,19). The zero-order valence-electron chi connectivity index (χ0n) is 13.0. The largest absolute Gasteiger partial charge is 0.481 e. The van der Waals surface area contributed by atoms with Gasteiger partial charge in [-0.05, 0) is 46.0 Å². The SMILES string of the molecule is CC1(C)CCCC1C(=O)NC(C)(C)C(C)(C)C(=O)O. The van der Waals surface area contributed by atoms with Crippen molar-refractivity contribution in [3.05, 3.63) is 0 Å². The minimum Gasteiger partial charge on any atom is -0.481 e.